The number of aromatic nitrogens is 1. The van der Waals surface area contributed by atoms with Crippen molar-refractivity contribution in [1.82, 2.24) is 4.98 Å². The van der Waals surface area contributed by atoms with Crippen LogP contribution in [0.5, 0.6) is 17.2 Å². The van der Waals surface area contributed by atoms with Gasteiger partial charge in [0.1, 0.15) is 17.2 Å². The number of nitrogen functional groups attached to an aromatic ring is 1. The molecular weight excluding hydrogens is 252 g/mol. The summed E-state index contributed by atoms with van der Waals surface area (Å²) in [5.41, 5.74) is 7.77. The predicted molar refractivity (Wildman–Crippen MR) is 79.1 cm³/mol. The lowest BCUT2D eigenvalue weighted by molar-refractivity contribution is 0.461. The van der Waals surface area contributed by atoms with E-state index in [0.29, 0.717) is 11.5 Å². The Balaban J connectivity index is 2.13. The maximum absolute atomic E-state index is 9.63. The molecule has 0 aliphatic rings. The van der Waals surface area contributed by atoms with Gasteiger partial charge < -0.3 is 15.6 Å². The van der Waals surface area contributed by atoms with Gasteiger partial charge >= 0.3 is 0 Å². The third-order valence-corrected chi connectivity index (χ3v) is 3.07. The van der Waals surface area contributed by atoms with Crippen molar-refractivity contribution in [2.75, 3.05) is 5.73 Å². The number of nitrogens with two attached hydrogens (primary N) is 1. The van der Waals surface area contributed by atoms with E-state index in [0.717, 1.165) is 16.6 Å². The maximum Gasteiger partial charge on any atom is 0.154 e. The highest BCUT2D eigenvalue weighted by atomic mass is 16.5. The first-order chi connectivity index (χ1) is 9.65. The Kier molecular flexibility index (Phi) is 2.91. The van der Waals surface area contributed by atoms with Crippen LogP contribution < -0.4 is 10.5 Å². The molecule has 0 aliphatic carbocycles. The van der Waals surface area contributed by atoms with Crippen LogP contribution in [0.2, 0.25) is 0 Å². The van der Waals surface area contributed by atoms with E-state index < -0.39 is 0 Å². The molecule has 0 atom stereocenters. The fraction of sp³-hybridized carbons (Fsp3) is 0.0625. The lowest BCUT2D eigenvalue weighted by Gasteiger charge is -2.12. The van der Waals surface area contributed by atoms with E-state index in [1.807, 2.05) is 37.3 Å². The number of hydrogen-bond donors (Lipinski definition) is 2. The van der Waals surface area contributed by atoms with Crippen LogP contribution in [0.4, 0.5) is 5.69 Å². The molecule has 3 rings (SSSR count). The Hall–Kier alpha value is -2.75. The Morgan fingerprint density at radius 2 is 1.85 bits per heavy atom. The largest absolute Gasteiger partial charge is 0.506 e. The third-order valence-electron chi connectivity index (χ3n) is 3.07. The summed E-state index contributed by atoms with van der Waals surface area (Å²) < 4.78 is 5.86. The van der Waals surface area contributed by atoms with Crippen molar-refractivity contribution in [2.45, 2.75) is 6.92 Å². The molecule has 0 unspecified atom stereocenters. The zero-order valence-corrected chi connectivity index (χ0v) is 11.0. The van der Waals surface area contributed by atoms with E-state index in [-0.39, 0.29) is 11.4 Å². The highest BCUT2D eigenvalue weighted by Gasteiger charge is 2.09. The number of fused-ring (bicyclic) bond motifs is 1. The van der Waals surface area contributed by atoms with Crippen molar-refractivity contribution in [1.29, 1.82) is 0 Å². The third kappa shape index (κ3) is 2.12. The smallest absolute Gasteiger partial charge is 0.154 e. The number of pyridine rings is 1. The van der Waals surface area contributed by atoms with Crippen LogP contribution >= 0.6 is 0 Å². The van der Waals surface area contributed by atoms with Crippen LogP contribution in [-0.4, -0.2) is 10.1 Å². The second-order valence-corrected chi connectivity index (χ2v) is 4.57. The topological polar surface area (TPSA) is 68.4 Å². The Morgan fingerprint density at radius 3 is 2.70 bits per heavy atom. The first-order valence-electron chi connectivity index (χ1n) is 6.27. The molecule has 100 valence electrons. The molecule has 0 aliphatic heterocycles. The molecule has 1 aromatic heterocycles. The van der Waals surface area contributed by atoms with Gasteiger partial charge in [-0.15, -0.1) is 0 Å². The number of para-hydroxylation sites is 2. The Labute approximate surface area is 116 Å². The summed E-state index contributed by atoms with van der Waals surface area (Å²) in [6.07, 6.45) is 0. The summed E-state index contributed by atoms with van der Waals surface area (Å²) in [5, 5.41) is 10.5. The minimum Gasteiger partial charge on any atom is -0.506 e. The zero-order chi connectivity index (χ0) is 14.1. The number of phenols is 1. The number of phenolic OH excluding ortho intramolecular Hbond substituents is 1. The van der Waals surface area contributed by atoms with Gasteiger partial charge in [-0.1, -0.05) is 18.2 Å². The second kappa shape index (κ2) is 4.74. The summed E-state index contributed by atoms with van der Waals surface area (Å²) in [5.74, 6) is 1.11. The van der Waals surface area contributed by atoms with Crippen LogP contribution in [-0.2, 0) is 0 Å². The molecule has 2 aromatic carbocycles. The molecule has 4 nitrogen and oxygen atoms in total. The number of aromatic hydroxyl groups is 1. The van der Waals surface area contributed by atoms with Crippen molar-refractivity contribution in [2.24, 2.45) is 0 Å². The van der Waals surface area contributed by atoms with Gasteiger partial charge in [-0.2, -0.15) is 0 Å². The number of benzene rings is 2. The minimum atomic E-state index is 0.0117. The van der Waals surface area contributed by atoms with Crippen molar-refractivity contribution < 1.29 is 9.84 Å². The molecule has 0 spiro atoms. The SMILES string of the molecule is Cc1cc(Oc2cccc(O)c2N)c2ccccc2n1. The first-order valence-corrected chi connectivity index (χ1v) is 6.27. The van der Waals surface area contributed by atoms with Crippen molar-refractivity contribution in [3.8, 4) is 17.2 Å². The highest BCUT2D eigenvalue weighted by Crippen LogP contribution is 2.36. The van der Waals surface area contributed by atoms with Crippen LogP contribution in [0.15, 0.2) is 48.5 Å². The Morgan fingerprint density at radius 1 is 1.05 bits per heavy atom. The molecule has 0 saturated carbocycles. The molecule has 0 fully saturated rings. The second-order valence-electron chi connectivity index (χ2n) is 4.57. The average Bonchev–Trinajstić information content (AvgIpc) is 2.43. The molecule has 0 saturated heterocycles. The number of hydrogen-bond acceptors (Lipinski definition) is 4. The number of aryl methyl sites for hydroxylation is 1. The van der Waals surface area contributed by atoms with Gasteiger partial charge in [0, 0.05) is 17.1 Å². The van der Waals surface area contributed by atoms with Gasteiger partial charge in [0.15, 0.2) is 5.75 Å². The van der Waals surface area contributed by atoms with E-state index in [9.17, 15) is 5.11 Å². The van der Waals surface area contributed by atoms with Gasteiger partial charge in [-0.05, 0) is 31.2 Å². The van der Waals surface area contributed by atoms with E-state index in [1.54, 1.807) is 12.1 Å². The van der Waals surface area contributed by atoms with Gasteiger partial charge in [0.25, 0.3) is 0 Å². The normalized spacial score (nSPS) is 10.7. The van der Waals surface area contributed by atoms with Gasteiger partial charge in [0.05, 0.1) is 5.52 Å². The summed E-state index contributed by atoms with van der Waals surface area (Å²) in [6.45, 7) is 1.91. The molecule has 3 N–H and O–H groups in total. The van der Waals surface area contributed by atoms with E-state index in [1.165, 1.54) is 6.07 Å². The first kappa shape index (κ1) is 12.3. The minimum absolute atomic E-state index is 0.0117. The monoisotopic (exact) mass is 266 g/mol. The lowest BCUT2D eigenvalue weighted by Crippen LogP contribution is -1.94. The quantitative estimate of drug-likeness (QED) is 0.549. The van der Waals surface area contributed by atoms with Gasteiger partial charge in [-0.3, -0.25) is 4.98 Å². The number of nitrogens with zero attached hydrogens (tertiary/aromatic N) is 1. The molecule has 3 aromatic rings. The fourth-order valence-electron chi connectivity index (χ4n) is 2.09. The number of anilines is 1. The van der Waals surface area contributed by atoms with E-state index in [2.05, 4.69) is 4.98 Å². The fourth-order valence-corrected chi connectivity index (χ4v) is 2.09. The molecule has 0 amide bonds. The predicted octanol–water partition coefficient (Wildman–Crippen LogP) is 3.62. The van der Waals surface area contributed by atoms with Crippen LogP contribution in [0.25, 0.3) is 10.9 Å². The Bertz CT molecular complexity index is 785. The van der Waals surface area contributed by atoms with Crippen LogP contribution in [0.1, 0.15) is 5.69 Å². The molecule has 4 heteroatoms. The molecule has 1 heterocycles. The number of ether oxygens (including phenoxy) is 1. The van der Waals surface area contributed by atoms with Crippen molar-refractivity contribution in [3.63, 3.8) is 0 Å². The summed E-state index contributed by atoms with van der Waals surface area (Å²) >= 11 is 0. The average molecular weight is 266 g/mol. The maximum atomic E-state index is 9.63. The molecule has 0 radical (unpaired) electrons. The molecular formula is C16H14N2O2. The number of rotatable bonds is 2. The standard InChI is InChI=1S/C16H14N2O2/c1-10-9-15(11-5-2-3-6-12(11)18-10)20-14-8-4-7-13(19)16(14)17/h2-9,19H,17H2,1H3. The van der Waals surface area contributed by atoms with E-state index in [4.69, 9.17) is 10.5 Å². The highest BCUT2D eigenvalue weighted by molar-refractivity contribution is 5.85. The van der Waals surface area contributed by atoms with Gasteiger partial charge in [0.2, 0.25) is 0 Å². The molecule has 20 heavy (non-hydrogen) atoms. The summed E-state index contributed by atoms with van der Waals surface area (Å²) in [6, 6.07) is 14.5. The van der Waals surface area contributed by atoms with Crippen molar-refractivity contribution in [3.05, 3.63) is 54.2 Å². The zero-order valence-electron chi connectivity index (χ0n) is 11.0. The summed E-state index contributed by atoms with van der Waals surface area (Å²) in [4.78, 5) is 4.46. The van der Waals surface area contributed by atoms with Crippen LogP contribution in [0, 0.1) is 6.92 Å². The van der Waals surface area contributed by atoms with E-state index >= 15 is 0 Å². The van der Waals surface area contributed by atoms with Gasteiger partial charge in [-0.25, -0.2) is 0 Å². The lowest BCUT2D eigenvalue weighted by atomic mass is 10.2. The summed E-state index contributed by atoms with van der Waals surface area (Å²) in [7, 11) is 0. The van der Waals surface area contributed by atoms with Crippen LogP contribution in [0.3, 0.4) is 0 Å². The van der Waals surface area contributed by atoms with Crippen molar-refractivity contribution >= 4 is 16.6 Å². The molecule has 0 bridgehead atoms.